The van der Waals surface area contributed by atoms with Crippen molar-refractivity contribution in [2.45, 2.75) is 19.9 Å². The third-order valence-electron chi connectivity index (χ3n) is 2.64. The Morgan fingerprint density at radius 3 is 2.85 bits per heavy atom. The first-order valence-corrected chi connectivity index (χ1v) is 7.91. The summed E-state index contributed by atoms with van der Waals surface area (Å²) < 4.78 is 0.774. The van der Waals surface area contributed by atoms with Gasteiger partial charge in [-0.2, -0.15) is 0 Å². The molecule has 0 saturated carbocycles. The topological polar surface area (TPSA) is 68.0 Å². The number of benzene rings is 1. The lowest BCUT2D eigenvalue weighted by Gasteiger charge is -2.08. The van der Waals surface area contributed by atoms with Crippen LogP contribution >= 0.6 is 38.9 Å². The van der Waals surface area contributed by atoms with E-state index in [9.17, 15) is 4.79 Å². The molecule has 106 valence electrons. The lowest BCUT2D eigenvalue weighted by molar-refractivity contribution is 0.102. The standard InChI is InChI=1S/C13H13BrClN3OS/c1-6-3-8(14)10(4-9(6)15)17-12(19)11-5-20-13(18-11)7(2)16/h3-5,7H,16H2,1-2H3,(H,17,19). The molecule has 2 rings (SSSR count). The van der Waals surface area contributed by atoms with Crippen LogP contribution < -0.4 is 11.1 Å². The SMILES string of the molecule is Cc1cc(Br)c(NC(=O)c2csc(C(C)N)n2)cc1Cl. The van der Waals surface area contributed by atoms with E-state index in [-0.39, 0.29) is 11.9 Å². The minimum Gasteiger partial charge on any atom is -0.322 e. The molecule has 1 atom stereocenters. The van der Waals surface area contributed by atoms with Crippen LogP contribution in [0, 0.1) is 6.92 Å². The molecule has 7 heteroatoms. The molecular weight excluding hydrogens is 362 g/mol. The summed E-state index contributed by atoms with van der Waals surface area (Å²) in [5, 5.41) is 5.80. The van der Waals surface area contributed by atoms with E-state index in [0.29, 0.717) is 16.4 Å². The third kappa shape index (κ3) is 3.38. The Morgan fingerprint density at radius 2 is 2.25 bits per heavy atom. The zero-order valence-electron chi connectivity index (χ0n) is 10.9. The molecule has 0 bridgehead atoms. The second-order valence-corrected chi connectivity index (χ2v) is 6.55. The predicted octanol–water partition coefficient (Wildman–Crippen LogP) is 4.14. The normalized spacial score (nSPS) is 12.2. The van der Waals surface area contributed by atoms with Gasteiger partial charge in [0.05, 0.1) is 11.7 Å². The number of nitrogens with two attached hydrogens (primary N) is 1. The van der Waals surface area contributed by atoms with Crippen molar-refractivity contribution in [1.82, 2.24) is 4.98 Å². The van der Waals surface area contributed by atoms with E-state index in [4.69, 9.17) is 17.3 Å². The van der Waals surface area contributed by atoms with Gasteiger partial charge in [-0.3, -0.25) is 4.79 Å². The van der Waals surface area contributed by atoms with Crippen LogP contribution in [-0.2, 0) is 0 Å². The Hall–Kier alpha value is -0.950. The van der Waals surface area contributed by atoms with Gasteiger partial charge in [0.15, 0.2) is 0 Å². The van der Waals surface area contributed by atoms with E-state index in [1.807, 2.05) is 19.9 Å². The van der Waals surface area contributed by atoms with Crippen LogP contribution in [0.25, 0.3) is 0 Å². The molecule has 0 fully saturated rings. The molecule has 0 spiro atoms. The van der Waals surface area contributed by atoms with Crippen LogP contribution in [0.3, 0.4) is 0 Å². The fourth-order valence-corrected chi connectivity index (χ4v) is 3.01. The molecule has 3 N–H and O–H groups in total. The van der Waals surface area contributed by atoms with Gasteiger partial charge < -0.3 is 11.1 Å². The van der Waals surface area contributed by atoms with Crippen LogP contribution in [0.5, 0.6) is 0 Å². The zero-order valence-corrected chi connectivity index (χ0v) is 14.1. The first kappa shape index (κ1) is 15.4. The number of carbonyl (C=O) groups excluding carboxylic acids is 1. The quantitative estimate of drug-likeness (QED) is 0.848. The second kappa shape index (κ2) is 6.22. The number of carbonyl (C=O) groups is 1. The maximum absolute atomic E-state index is 12.1. The first-order chi connectivity index (χ1) is 9.38. The number of anilines is 1. The van der Waals surface area contributed by atoms with Crippen LogP contribution in [0.15, 0.2) is 22.0 Å². The molecule has 0 saturated heterocycles. The molecule has 4 nitrogen and oxygen atoms in total. The van der Waals surface area contributed by atoms with E-state index >= 15 is 0 Å². The lowest BCUT2D eigenvalue weighted by Crippen LogP contribution is -2.13. The Kier molecular flexibility index (Phi) is 4.80. The summed E-state index contributed by atoms with van der Waals surface area (Å²) in [7, 11) is 0. The summed E-state index contributed by atoms with van der Waals surface area (Å²) in [5.74, 6) is -0.284. The highest BCUT2D eigenvalue weighted by molar-refractivity contribution is 9.10. The van der Waals surface area contributed by atoms with Crippen LogP contribution in [0.4, 0.5) is 5.69 Å². The van der Waals surface area contributed by atoms with Crippen molar-refractivity contribution in [2.75, 3.05) is 5.32 Å². The van der Waals surface area contributed by atoms with Gasteiger partial charge in [0.2, 0.25) is 0 Å². The van der Waals surface area contributed by atoms with E-state index in [1.54, 1.807) is 11.4 Å². The largest absolute Gasteiger partial charge is 0.322 e. The average molecular weight is 375 g/mol. The Labute approximate surface area is 134 Å². The monoisotopic (exact) mass is 373 g/mol. The number of rotatable bonds is 3. The average Bonchev–Trinajstić information content (AvgIpc) is 2.85. The molecule has 1 amide bonds. The van der Waals surface area contributed by atoms with Gasteiger partial charge in [-0.05, 0) is 47.5 Å². The first-order valence-electron chi connectivity index (χ1n) is 5.86. The number of nitrogens with one attached hydrogen (secondary N) is 1. The van der Waals surface area contributed by atoms with Crippen LogP contribution in [0.1, 0.15) is 34.0 Å². The number of nitrogens with zero attached hydrogens (tertiary/aromatic N) is 1. The molecule has 0 aliphatic rings. The number of amides is 1. The summed E-state index contributed by atoms with van der Waals surface area (Å²) in [6, 6.07) is 3.38. The van der Waals surface area contributed by atoms with Crippen LogP contribution in [0.2, 0.25) is 5.02 Å². The minimum absolute atomic E-state index is 0.179. The maximum Gasteiger partial charge on any atom is 0.275 e. The number of hydrogen-bond donors (Lipinski definition) is 2. The van der Waals surface area contributed by atoms with Gasteiger partial charge in [0.25, 0.3) is 5.91 Å². The van der Waals surface area contributed by atoms with E-state index in [0.717, 1.165) is 15.0 Å². The van der Waals surface area contributed by atoms with Gasteiger partial charge in [0, 0.05) is 14.9 Å². The minimum atomic E-state index is -0.284. The summed E-state index contributed by atoms with van der Waals surface area (Å²) in [4.78, 5) is 16.3. The maximum atomic E-state index is 12.1. The molecule has 1 unspecified atom stereocenters. The van der Waals surface area contributed by atoms with E-state index in [2.05, 4.69) is 26.2 Å². The summed E-state index contributed by atoms with van der Waals surface area (Å²) in [6.45, 7) is 3.73. The molecule has 2 aromatic rings. The smallest absolute Gasteiger partial charge is 0.275 e. The molecule has 0 aliphatic heterocycles. The zero-order chi connectivity index (χ0) is 14.9. The second-order valence-electron chi connectivity index (χ2n) is 4.40. The fraction of sp³-hybridized carbons (Fsp3) is 0.231. The van der Waals surface area contributed by atoms with Gasteiger partial charge >= 0.3 is 0 Å². The molecule has 1 heterocycles. The van der Waals surface area contributed by atoms with Gasteiger partial charge in [0.1, 0.15) is 10.7 Å². The highest BCUT2D eigenvalue weighted by Crippen LogP contribution is 2.29. The number of halogens is 2. The van der Waals surface area contributed by atoms with Crippen molar-refractivity contribution in [3.63, 3.8) is 0 Å². The highest BCUT2D eigenvalue weighted by Gasteiger charge is 2.14. The number of thiazole rings is 1. The molecular formula is C13H13BrClN3OS. The molecule has 0 aliphatic carbocycles. The van der Waals surface area contributed by atoms with E-state index in [1.165, 1.54) is 11.3 Å². The fourth-order valence-electron chi connectivity index (χ4n) is 1.53. The van der Waals surface area contributed by atoms with Gasteiger partial charge in [-0.15, -0.1) is 11.3 Å². The van der Waals surface area contributed by atoms with Crippen LogP contribution in [-0.4, -0.2) is 10.9 Å². The molecule has 1 aromatic carbocycles. The van der Waals surface area contributed by atoms with Gasteiger partial charge in [-0.25, -0.2) is 4.98 Å². The van der Waals surface area contributed by atoms with Crippen molar-refractivity contribution in [3.05, 3.63) is 43.3 Å². The summed E-state index contributed by atoms with van der Waals surface area (Å²) in [6.07, 6.45) is 0. The summed E-state index contributed by atoms with van der Waals surface area (Å²) in [5.41, 5.74) is 7.63. The molecule has 1 aromatic heterocycles. The summed E-state index contributed by atoms with van der Waals surface area (Å²) >= 11 is 10.8. The highest BCUT2D eigenvalue weighted by atomic mass is 79.9. The van der Waals surface area contributed by atoms with Gasteiger partial charge in [-0.1, -0.05) is 11.6 Å². The van der Waals surface area contributed by atoms with E-state index < -0.39 is 0 Å². The molecule has 0 radical (unpaired) electrons. The van der Waals surface area contributed by atoms with Crippen molar-refractivity contribution in [3.8, 4) is 0 Å². The van der Waals surface area contributed by atoms with Crippen molar-refractivity contribution in [2.24, 2.45) is 5.73 Å². The Balaban J connectivity index is 2.21. The van der Waals surface area contributed by atoms with Crippen molar-refractivity contribution < 1.29 is 4.79 Å². The lowest BCUT2D eigenvalue weighted by atomic mass is 10.2. The van der Waals surface area contributed by atoms with Crippen molar-refractivity contribution >= 4 is 50.5 Å². The van der Waals surface area contributed by atoms with Crippen molar-refractivity contribution in [1.29, 1.82) is 0 Å². The third-order valence-corrected chi connectivity index (χ3v) is 4.75. The Bertz CT molecular complexity index is 657. The number of hydrogen-bond acceptors (Lipinski definition) is 4. The molecule has 20 heavy (non-hydrogen) atoms. The Morgan fingerprint density at radius 1 is 1.55 bits per heavy atom. The number of aromatic nitrogens is 1. The predicted molar refractivity (Wildman–Crippen MR) is 86.6 cm³/mol. The number of aryl methyl sites for hydroxylation is 1.